The molecular formula is C13H23N2O4P. The van der Waals surface area contributed by atoms with Crippen LogP contribution in [0.1, 0.15) is 47.4 Å². The highest BCUT2D eigenvalue weighted by molar-refractivity contribution is 7.48. The zero-order valence-electron chi connectivity index (χ0n) is 12.9. The Kier molecular flexibility index (Phi) is 5.68. The minimum atomic E-state index is -3.63. The molecule has 1 atom stereocenters. The van der Waals surface area contributed by atoms with E-state index in [1.54, 1.807) is 20.8 Å². The van der Waals surface area contributed by atoms with E-state index in [0.29, 0.717) is 5.82 Å². The first-order valence-electron chi connectivity index (χ1n) is 6.61. The van der Waals surface area contributed by atoms with Crippen LogP contribution in [0.25, 0.3) is 0 Å². The number of hydrogen-bond donors (Lipinski definition) is 0. The lowest BCUT2D eigenvalue weighted by atomic mass is 9.96. The van der Waals surface area contributed by atoms with Gasteiger partial charge in [0.15, 0.2) is 5.75 Å². The third-order valence-electron chi connectivity index (χ3n) is 2.14. The highest BCUT2D eigenvalue weighted by atomic mass is 31.2. The molecule has 0 aromatic carbocycles. The molecule has 1 aromatic rings. The van der Waals surface area contributed by atoms with Gasteiger partial charge in [0.05, 0.1) is 25.1 Å². The summed E-state index contributed by atoms with van der Waals surface area (Å²) in [5, 5.41) is 0. The Labute approximate surface area is 120 Å². The van der Waals surface area contributed by atoms with Crippen LogP contribution in [0.5, 0.6) is 5.75 Å². The van der Waals surface area contributed by atoms with Gasteiger partial charge in [-0.3, -0.25) is 9.05 Å². The molecule has 6 nitrogen and oxygen atoms in total. The molecule has 0 aliphatic carbocycles. The van der Waals surface area contributed by atoms with Gasteiger partial charge in [-0.2, -0.15) is 0 Å². The summed E-state index contributed by atoms with van der Waals surface area (Å²) in [6.07, 6.45) is 2.67. The fraction of sp³-hybridized carbons (Fsp3) is 0.692. The minimum absolute atomic E-state index is 0.156. The third kappa shape index (κ3) is 5.19. The van der Waals surface area contributed by atoms with Crippen LogP contribution in [0.3, 0.4) is 0 Å². The van der Waals surface area contributed by atoms with E-state index in [-0.39, 0.29) is 23.9 Å². The van der Waals surface area contributed by atoms with E-state index in [0.717, 1.165) is 0 Å². The highest BCUT2D eigenvalue weighted by Crippen LogP contribution is 2.50. The van der Waals surface area contributed by atoms with Crippen LogP contribution in [0, 0.1) is 0 Å². The van der Waals surface area contributed by atoms with Gasteiger partial charge in [0, 0.05) is 5.41 Å². The average Bonchev–Trinajstić information content (AvgIpc) is 2.27. The molecule has 0 spiro atoms. The Bertz CT molecular complexity index is 468. The molecule has 114 valence electrons. The predicted octanol–water partition coefficient (Wildman–Crippen LogP) is 3.72. The number of phosphoric acid groups is 1. The molecule has 0 aliphatic rings. The summed E-state index contributed by atoms with van der Waals surface area (Å²) in [6, 6.07) is 0. The molecule has 0 radical (unpaired) electrons. The summed E-state index contributed by atoms with van der Waals surface area (Å²) in [4.78, 5) is 8.41. The molecular weight excluding hydrogens is 279 g/mol. The van der Waals surface area contributed by atoms with E-state index in [1.807, 2.05) is 20.8 Å². The van der Waals surface area contributed by atoms with Crippen LogP contribution in [-0.4, -0.2) is 22.7 Å². The number of nitrogens with zero attached hydrogens (tertiary/aromatic N) is 2. The monoisotopic (exact) mass is 302 g/mol. The van der Waals surface area contributed by atoms with Crippen LogP contribution < -0.4 is 4.52 Å². The maximum atomic E-state index is 12.4. The molecule has 0 N–H and O–H groups in total. The van der Waals surface area contributed by atoms with Gasteiger partial charge in [-0.05, 0) is 20.8 Å². The largest absolute Gasteiger partial charge is 0.530 e. The fourth-order valence-electron chi connectivity index (χ4n) is 1.37. The smallest absolute Gasteiger partial charge is 0.401 e. The van der Waals surface area contributed by atoms with E-state index in [9.17, 15) is 4.57 Å². The van der Waals surface area contributed by atoms with Crippen molar-refractivity contribution in [3.05, 3.63) is 18.2 Å². The molecule has 0 fully saturated rings. The zero-order chi connectivity index (χ0) is 15.4. The van der Waals surface area contributed by atoms with Crippen LogP contribution in [0.2, 0.25) is 0 Å². The summed E-state index contributed by atoms with van der Waals surface area (Å²) in [5.74, 6) is 0.941. The Hall–Kier alpha value is -0.970. The topological polar surface area (TPSA) is 70.5 Å². The Morgan fingerprint density at radius 1 is 1.25 bits per heavy atom. The first-order valence-corrected chi connectivity index (χ1v) is 8.07. The van der Waals surface area contributed by atoms with Crippen LogP contribution in [0.15, 0.2) is 12.4 Å². The van der Waals surface area contributed by atoms with E-state index < -0.39 is 7.82 Å². The van der Waals surface area contributed by atoms with Gasteiger partial charge in [-0.1, -0.05) is 20.8 Å². The molecule has 20 heavy (non-hydrogen) atoms. The van der Waals surface area contributed by atoms with E-state index in [4.69, 9.17) is 13.6 Å². The average molecular weight is 302 g/mol. The van der Waals surface area contributed by atoms with Crippen LogP contribution in [0.4, 0.5) is 0 Å². The summed E-state index contributed by atoms with van der Waals surface area (Å²) >= 11 is 0. The van der Waals surface area contributed by atoms with Crippen molar-refractivity contribution >= 4 is 7.82 Å². The molecule has 7 heteroatoms. The van der Waals surface area contributed by atoms with Crippen molar-refractivity contribution in [1.82, 2.24) is 9.97 Å². The standard InChI is InChI=1S/C13H23N2O4P/c1-7-17-20(16,18-10(2)3)19-11-8-14-12(15-9-11)13(4,5)6/h8-10H,7H2,1-6H3. The molecule has 1 rings (SSSR count). The van der Waals surface area contributed by atoms with Gasteiger partial charge >= 0.3 is 7.82 Å². The van der Waals surface area contributed by atoms with Gasteiger partial charge in [0.2, 0.25) is 0 Å². The molecule has 0 saturated heterocycles. The number of hydrogen-bond acceptors (Lipinski definition) is 6. The zero-order valence-corrected chi connectivity index (χ0v) is 13.8. The summed E-state index contributed by atoms with van der Waals surface area (Å²) in [5.41, 5.74) is -0.156. The Morgan fingerprint density at radius 2 is 1.80 bits per heavy atom. The lowest BCUT2D eigenvalue weighted by Crippen LogP contribution is -2.15. The van der Waals surface area contributed by atoms with Crippen molar-refractivity contribution in [3.63, 3.8) is 0 Å². The van der Waals surface area contributed by atoms with E-state index >= 15 is 0 Å². The quantitative estimate of drug-likeness (QED) is 0.746. The maximum Gasteiger partial charge on any atom is 0.530 e. The lowest BCUT2D eigenvalue weighted by molar-refractivity contribution is 0.130. The fourth-order valence-corrected chi connectivity index (χ4v) is 2.72. The lowest BCUT2D eigenvalue weighted by Gasteiger charge is -2.20. The van der Waals surface area contributed by atoms with Crippen molar-refractivity contribution in [2.45, 2.75) is 53.1 Å². The molecule has 0 saturated carbocycles. The maximum absolute atomic E-state index is 12.4. The van der Waals surface area contributed by atoms with Gasteiger partial charge in [-0.15, -0.1) is 0 Å². The number of rotatable bonds is 6. The number of phosphoric ester groups is 1. The van der Waals surface area contributed by atoms with E-state index in [1.165, 1.54) is 12.4 Å². The van der Waals surface area contributed by atoms with Crippen molar-refractivity contribution in [1.29, 1.82) is 0 Å². The minimum Gasteiger partial charge on any atom is -0.401 e. The predicted molar refractivity (Wildman–Crippen MR) is 76.8 cm³/mol. The van der Waals surface area contributed by atoms with Crippen LogP contribution >= 0.6 is 7.82 Å². The van der Waals surface area contributed by atoms with Gasteiger partial charge in [-0.25, -0.2) is 14.5 Å². The van der Waals surface area contributed by atoms with Gasteiger partial charge in [0.1, 0.15) is 5.82 Å². The molecule has 1 aromatic heterocycles. The SMILES string of the molecule is CCOP(=O)(Oc1cnc(C(C)(C)C)nc1)OC(C)C. The molecule has 1 unspecified atom stereocenters. The second-order valence-corrected chi connectivity index (χ2v) is 7.15. The first kappa shape index (κ1) is 17.1. The summed E-state index contributed by atoms with van der Waals surface area (Å²) < 4.78 is 28.0. The Morgan fingerprint density at radius 3 is 2.20 bits per heavy atom. The molecule has 0 aliphatic heterocycles. The first-order chi connectivity index (χ1) is 9.16. The third-order valence-corrected chi connectivity index (χ3v) is 3.83. The Balaban J connectivity index is 2.87. The second-order valence-electron chi connectivity index (χ2n) is 5.60. The molecule has 0 amide bonds. The van der Waals surface area contributed by atoms with Gasteiger partial charge in [0.25, 0.3) is 0 Å². The van der Waals surface area contributed by atoms with Crippen LogP contribution in [-0.2, 0) is 19.0 Å². The van der Waals surface area contributed by atoms with Crippen molar-refractivity contribution in [2.75, 3.05) is 6.61 Å². The van der Waals surface area contributed by atoms with Crippen molar-refractivity contribution in [2.24, 2.45) is 0 Å². The van der Waals surface area contributed by atoms with Crippen molar-refractivity contribution < 1.29 is 18.1 Å². The molecule has 1 heterocycles. The summed E-state index contributed by atoms with van der Waals surface area (Å²) in [6.45, 7) is 11.5. The summed E-state index contributed by atoms with van der Waals surface area (Å²) in [7, 11) is -3.63. The van der Waals surface area contributed by atoms with Gasteiger partial charge < -0.3 is 4.52 Å². The second kappa shape index (κ2) is 6.66. The van der Waals surface area contributed by atoms with E-state index in [2.05, 4.69) is 9.97 Å². The normalized spacial score (nSPS) is 15.2. The molecule has 0 bridgehead atoms. The van der Waals surface area contributed by atoms with Crippen molar-refractivity contribution in [3.8, 4) is 5.75 Å². The highest BCUT2D eigenvalue weighted by Gasteiger charge is 2.30. The number of aromatic nitrogens is 2.